The number of aromatic nitrogens is 2. The molecule has 2 fully saturated rings. The summed E-state index contributed by atoms with van der Waals surface area (Å²) >= 11 is 0. The van der Waals surface area contributed by atoms with Gasteiger partial charge in [-0.15, -0.1) is 0 Å². The second kappa shape index (κ2) is 7.40. The Morgan fingerprint density at radius 1 is 1.04 bits per heavy atom. The maximum atomic E-state index is 13.2. The number of benzene rings is 1. The zero-order valence-corrected chi connectivity index (χ0v) is 14.7. The summed E-state index contributed by atoms with van der Waals surface area (Å²) in [7, 11) is 0. The number of hydrogen-bond acceptors (Lipinski definition) is 4. The number of likely N-dealkylation sites (tertiary alicyclic amines) is 1. The average molecular weight is 354 g/mol. The van der Waals surface area contributed by atoms with E-state index in [1.807, 2.05) is 4.90 Å². The van der Waals surface area contributed by atoms with Gasteiger partial charge in [0.2, 0.25) is 11.9 Å². The number of halogens is 1. The second-order valence-electron chi connectivity index (χ2n) is 7.08. The molecule has 0 spiro atoms. The quantitative estimate of drug-likeness (QED) is 0.849. The maximum Gasteiger partial charge on any atom is 0.227 e. The lowest BCUT2D eigenvalue weighted by atomic mass is 9.95. The third-order valence-electron chi connectivity index (χ3n) is 5.40. The van der Waals surface area contributed by atoms with Gasteiger partial charge in [-0.25, -0.2) is 14.4 Å². The van der Waals surface area contributed by atoms with Crippen molar-refractivity contribution in [2.45, 2.75) is 31.7 Å². The first kappa shape index (κ1) is 16.9. The Balaban J connectivity index is 1.48. The van der Waals surface area contributed by atoms with E-state index in [0.29, 0.717) is 12.5 Å². The number of carbonyl (C=O) groups excluding carboxylic acids is 1. The van der Waals surface area contributed by atoms with Gasteiger partial charge in [0.15, 0.2) is 0 Å². The van der Waals surface area contributed by atoms with Crippen molar-refractivity contribution >= 4 is 11.9 Å². The summed E-state index contributed by atoms with van der Waals surface area (Å²) < 4.78 is 13.2. The molecule has 2 unspecified atom stereocenters. The lowest BCUT2D eigenvalue weighted by molar-refractivity contribution is -0.136. The second-order valence-corrected chi connectivity index (χ2v) is 7.08. The van der Waals surface area contributed by atoms with E-state index in [2.05, 4.69) is 14.9 Å². The monoisotopic (exact) mass is 354 g/mol. The average Bonchev–Trinajstić information content (AvgIpc) is 3.18. The van der Waals surface area contributed by atoms with Gasteiger partial charge in [0.25, 0.3) is 0 Å². The summed E-state index contributed by atoms with van der Waals surface area (Å²) in [6.45, 7) is 2.32. The van der Waals surface area contributed by atoms with E-state index in [9.17, 15) is 9.18 Å². The van der Waals surface area contributed by atoms with Gasteiger partial charge in [-0.3, -0.25) is 4.79 Å². The zero-order chi connectivity index (χ0) is 17.9. The van der Waals surface area contributed by atoms with Crippen LogP contribution >= 0.6 is 0 Å². The Morgan fingerprint density at radius 3 is 2.54 bits per heavy atom. The SMILES string of the molecule is O=C(C1CCCN(c2ncccn2)C1)N1CCCC1c1ccc(F)cc1. The van der Waals surface area contributed by atoms with Gasteiger partial charge in [-0.2, -0.15) is 0 Å². The van der Waals surface area contributed by atoms with E-state index < -0.39 is 0 Å². The van der Waals surface area contributed by atoms with Crippen molar-refractivity contribution in [1.29, 1.82) is 0 Å². The third-order valence-corrected chi connectivity index (χ3v) is 5.40. The Morgan fingerprint density at radius 2 is 1.77 bits per heavy atom. The highest BCUT2D eigenvalue weighted by molar-refractivity contribution is 5.80. The van der Waals surface area contributed by atoms with Crippen LogP contribution in [0.5, 0.6) is 0 Å². The van der Waals surface area contributed by atoms with Crippen LogP contribution in [0.4, 0.5) is 10.3 Å². The molecule has 4 rings (SSSR count). The fourth-order valence-electron chi connectivity index (χ4n) is 4.11. The van der Waals surface area contributed by atoms with E-state index in [0.717, 1.165) is 44.3 Å². The van der Waals surface area contributed by atoms with Crippen molar-refractivity contribution in [3.05, 3.63) is 54.1 Å². The molecule has 1 amide bonds. The Kier molecular flexibility index (Phi) is 4.82. The number of amides is 1. The van der Waals surface area contributed by atoms with Gasteiger partial charge in [0, 0.05) is 32.0 Å². The van der Waals surface area contributed by atoms with Crippen LogP contribution in [0.1, 0.15) is 37.3 Å². The minimum atomic E-state index is -0.240. The van der Waals surface area contributed by atoms with Crippen molar-refractivity contribution in [3.63, 3.8) is 0 Å². The van der Waals surface area contributed by atoms with Crippen molar-refractivity contribution in [3.8, 4) is 0 Å². The summed E-state index contributed by atoms with van der Waals surface area (Å²) in [6, 6.07) is 8.42. The first-order valence-corrected chi connectivity index (χ1v) is 9.30. The minimum absolute atomic E-state index is 0.0337. The van der Waals surface area contributed by atoms with Crippen molar-refractivity contribution in [2.75, 3.05) is 24.5 Å². The number of nitrogens with zero attached hydrogens (tertiary/aromatic N) is 4. The van der Waals surface area contributed by atoms with Gasteiger partial charge in [0.1, 0.15) is 5.82 Å². The molecule has 26 heavy (non-hydrogen) atoms. The smallest absolute Gasteiger partial charge is 0.227 e. The van der Waals surface area contributed by atoms with Gasteiger partial charge in [-0.1, -0.05) is 12.1 Å². The first-order chi connectivity index (χ1) is 12.7. The van der Waals surface area contributed by atoms with E-state index in [-0.39, 0.29) is 23.7 Å². The molecule has 1 aromatic heterocycles. The molecule has 0 bridgehead atoms. The van der Waals surface area contributed by atoms with Crippen LogP contribution in [0, 0.1) is 11.7 Å². The molecule has 5 nitrogen and oxygen atoms in total. The van der Waals surface area contributed by atoms with E-state index in [1.165, 1.54) is 12.1 Å². The van der Waals surface area contributed by atoms with Crippen molar-refractivity contribution in [2.24, 2.45) is 5.92 Å². The van der Waals surface area contributed by atoms with Gasteiger partial charge in [0.05, 0.1) is 12.0 Å². The molecule has 2 aromatic rings. The standard InChI is InChI=1S/C20H23FN4O/c21-17-8-6-15(7-9-17)18-5-2-13-25(18)19(26)16-4-1-12-24(14-16)20-22-10-3-11-23-20/h3,6-11,16,18H,1-2,4-5,12-14H2. The van der Waals surface area contributed by atoms with Gasteiger partial charge in [-0.05, 0) is 49.4 Å². The number of rotatable bonds is 3. The molecular formula is C20H23FN4O. The molecule has 6 heteroatoms. The van der Waals surface area contributed by atoms with Crippen molar-refractivity contribution in [1.82, 2.24) is 14.9 Å². The molecule has 2 aliphatic rings. The highest BCUT2D eigenvalue weighted by Crippen LogP contribution is 2.34. The molecule has 136 valence electrons. The van der Waals surface area contributed by atoms with Crippen LogP contribution in [0.2, 0.25) is 0 Å². The van der Waals surface area contributed by atoms with Crippen LogP contribution in [0.3, 0.4) is 0 Å². The summed E-state index contributed by atoms with van der Waals surface area (Å²) in [6.07, 6.45) is 7.26. The Bertz CT molecular complexity index is 752. The lowest BCUT2D eigenvalue weighted by Crippen LogP contribution is -2.45. The van der Waals surface area contributed by atoms with Crippen LogP contribution < -0.4 is 4.90 Å². The number of carbonyl (C=O) groups is 1. The summed E-state index contributed by atoms with van der Waals surface area (Å²) in [5, 5.41) is 0. The molecule has 0 N–H and O–H groups in total. The summed E-state index contributed by atoms with van der Waals surface area (Å²) in [5.41, 5.74) is 1.02. The molecule has 2 aliphatic heterocycles. The topological polar surface area (TPSA) is 49.3 Å². The Labute approximate surface area is 152 Å². The van der Waals surface area contributed by atoms with Crippen LogP contribution in [0.25, 0.3) is 0 Å². The van der Waals surface area contributed by atoms with E-state index in [1.54, 1.807) is 30.6 Å². The van der Waals surface area contributed by atoms with Crippen LogP contribution in [0.15, 0.2) is 42.7 Å². The molecular weight excluding hydrogens is 331 g/mol. The number of piperidine rings is 1. The fraction of sp³-hybridized carbons (Fsp3) is 0.450. The fourth-order valence-corrected chi connectivity index (χ4v) is 4.11. The molecule has 0 saturated carbocycles. The first-order valence-electron chi connectivity index (χ1n) is 9.30. The maximum absolute atomic E-state index is 13.2. The third kappa shape index (κ3) is 3.41. The van der Waals surface area contributed by atoms with Crippen LogP contribution in [-0.4, -0.2) is 40.4 Å². The van der Waals surface area contributed by atoms with E-state index >= 15 is 0 Å². The molecule has 3 heterocycles. The van der Waals surface area contributed by atoms with Gasteiger partial charge >= 0.3 is 0 Å². The zero-order valence-electron chi connectivity index (χ0n) is 14.7. The molecule has 2 saturated heterocycles. The summed E-state index contributed by atoms with van der Waals surface area (Å²) in [4.78, 5) is 25.9. The number of hydrogen-bond donors (Lipinski definition) is 0. The van der Waals surface area contributed by atoms with Gasteiger partial charge < -0.3 is 9.80 Å². The van der Waals surface area contributed by atoms with Crippen molar-refractivity contribution < 1.29 is 9.18 Å². The molecule has 2 atom stereocenters. The molecule has 0 radical (unpaired) electrons. The Hall–Kier alpha value is -2.50. The van der Waals surface area contributed by atoms with E-state index in [4.69, 9.17) is 0 Å². The largest absolute Gasteiger partial charge is 0.340 e. The predicted octanol–water partition coefficient (Wildman–Crippen LogP) is 3.20. The normalized spacial score (nSPS) is 23.3. The number of anilines is 1. The molecule has 1 aromatic carbocycles. The minimum Gasteiger partial charge on any atom is -0.340 e. The molecule has 0 aliphatic carbocycles. The lowest BCUT2D eigenvalue weighted by Gasteiger charge is -2.35. The highest BCUT2D eigenvalue weighted by Gasteiger charge is 2.36. The van der Waals surface area contributed by atoms with Crippen LogP contribution in [-0.2, 0) is 4.79 Å². The highest BCUT2D eigenvalue weighted by atomic mass is 19.1. The summed E-state index contributed by atoms with van der Waals surface area (Å²) in [5.74, 6) is 0.628. The predicted molar refractivity (Wildman–Crippen MR) is 97.1 cm³/mol.